The van der Waals surface area contributed by atoms with Gasteiger partial charge in [0.05, 0.1) is 22.9 Å². The Balaban J connectivity index is 2.58. The minimum atomic E-state index is -3.45. The van der Waals surface area contributed by atoms with E-state index in [1.165, 1.54) is 12.4 Å². The van der Waals surface area contributed by atoms with Gasteiger partial charge in [-0.1, -0.05) is 23.2 Å². The highest BCUT2D eigenvalue weighted by atomic mass is 35.5. The van der Waals surface area contributed by atoms with Gasteiger partial charge in [-0.25, -0.2) is 17.4 Å². The highest BCUT2D eigenvalue weighted by Gasteiger charge is 2.17. The monoisotopic (exact) mass is 334 g/mol. The Morgan fingerprint density at radius 3 is 2.40 bits per heavy atom. The quantitative estimate of drug-likeness (QED) is 0.862. The topological polar surface area (TPSA) is 61.2 Å². The predicted octanol–water partition coefficient (Wildman–Crippen LogP) is 3.06. The van der Waals surface area contributed by atoms with Crippen molar-refractivity contribution < 1.29 is 13.2 Å². The minimum absolute atomic E-state index is 0.249. The molecule has 2 aromatic rings. The number of hydrogen-bond acceptors (Lipinski definition) is 4. The van der Waals surface area contributed by atoms with Gasteiger partial charge in [-0.15, -0.1) is 0 Å². The Bertz CT molecular complexity index is 718. The van der Waals surface area contributed by atoms with Gasteiger partial charge in [0.15, 0.2) is 11.6 Å². The molecule has 0 aliphatic heterocycles. The van der Waals surface area contributed by atoms with E-state index in [2.05, 4.69) is 4.98 Å². The van der Waals surface area contributed by atoms with Crippen molar-refractivity contribution in [3.8, 4) is 17.1 Å². The van der Waals surface area contributed by atoms with Crippen molar-refractivity contribution in [2.45, 2.75) is 6.92 Å². The van der Waals surface area contributed by atoms with E-state index in [1.807, 2.05) is 6.92 Å². The summed E-state index contributed by atoms with van der Waals surface area (Å²) >= 11 is 12.2. The summed E-state index contributed by atoms with van der Waals surface area (Å²) in [4.78, 5) is 4.04. The molecule has 0 saturated carbocycles. The molecule has 1 aromatic carbocycles. The van der Waals surface area contributed by atoms with E-state index in [4.69, 9.17) is 27.9 Å². The fourth-order valence-corrected chi connectivity index (χ4v) is 3.07. The maximum Gasteiger partial charge on any atom is 0.237 e. The number of rotatable bonds is 4. The number of imidazole rings is 1. The van der Waals surface area contributed by atoms with E-state index in [1.54, 1.807) is 12.1 Å². The zero-order valence-corrected chi connectivity index (χ0v) is 13.1. The first-order chi connectivity index (χ1) is 9.34. The Labute approximate surface area is 127 Å². The van der Waals surface area contributed by atoms with Crippen LogP contribution in [-0.2, 0) is 10.0 Å². The van der Waals surface area contributed by atoms with Crippen LogP contribution >= 0.6 is 23.2 Å². The maximum atomic E-state index is 11.7. The Kier molecular flexibility index (Phi) is 4.27. The molecule has 0 bridgehead atoms. The van der Waals surface area contributed by atoms with Crippen molar-refractivity contribution in [1.29, 1.82) is 0 Å². The average Bonchev–Trinajstić information content (AvgIpc) is 2.82. The van der Waals surface area contributed by atoms with Crippen LogP contribution in [0.2, 0.25) is 10.0 Å². The molecule has 2 rings (SSSR count). The molecule has 0 radical (unpaired) electrons. The summed E-state index contributed by atoms with van der Waals surface area (Å²) < 4.78 is 29.7. The van der Waals surface area contributed by atoms with Gasteiger partial charge < -0.3 is 4.74 Å². The van der Waals surface area contributed by atoms with Gasteiger partial charge in [-0.05, 0) is 19.1 Å². The summed E-state index contributed by atoms with van der Waals surface area (Å²) in [7, 11) is -3.45. The molecule has 0 unspecified atom stereocenters. The number of hydrogen-bond donors (Lipinski definition) is 0. The molecule has 5 nitrogen and oxygen atoms in total. The standard InChI is InChI=1S/C12H12Cl2N2O3S/c1-3-19-11-9(13)6-8(7-10(11)14)12-15-4-5-16(12)20(2,17)18/h4-7H,3H2,1-2H3. The van der Waals surface area contributed by atoms with Crippen molar-refractivity contribution in [1.82, 2.24) is 8.96 Å². The van der Waals surface area contributed by atoms with Crippen LogP contribution in [0.1, 0.15) is 6.92 Å². The summed E-state index contributed by atoms with van der Waals surface area (Å²) in [5.74, 6) is 0.622. The SMILES string of the molecule is CCOc1c(Cl)cc(-c2nccn2S(C)(=O)=O)cc1Cl. The molecule has 0 fully saturated rings. The van der Waals surface area contributed by atoms with Gasteiger partial charge in [0.25, 0.3) is 0 Å². The zero-order chi connectivity index (χ0) is 14.9. The first-order valence-electron chi connectivity index (χ1n) is 5.70. The number of aromatic nitrogens is 2. The number of halogens is 2. The molecular formula is C12H12Cl2N2O3S. The van der Waals surface area contributed by atoms with Crippen LogP contribution in [-0.4, -0.2) is 30.2 Å². The third-order valence-electron chi connectivity index (χ3n) is 2.51. The average molecular weight is 335 g/mol. The third kappa shape index (κ3) is 2.92. The summed E-state index contributed by atoms with van der Waals surface area (Å²) in [5.41, 5.74) is 0.499. The van der Waals surface area contributed by atoms with E-state index >= 15 is 0 Å². The molecular weight excluding hydrogens is 323 g/mol. The Morgan fingerprint density at radius 2 is 1.90 bits per heavy atom. The fourth-order valence-electron chi connectivity index (χ4n) is 1.73. The largest absolute Gasteiger partial charge is 0.491 e. The normalized spacial score (nSPS) is 11.6. The molecule has 8 heteroatoms. The van der Waals surface area contributed by atoms with E-state index < -0.39 is 10.0 Å². The van der Waals surface area contributed by atoms with Gasteiger partial charge in [0, 0.05) is 18.0 Å². The van der Waals surface area contributed by atoms with E-state index in [0.29, 0.717) is 28.0 Å². The molecule has 108 valence electrons. The fraction of sp³-hybridized carbons (Fsp3) is 0.250. The van der Waals surface area contributed by atoms with E-state index in [-0.39, 0.29) is 5.82 Å². The Morgan fingerprint density at radius 1 is 1.30 bits per heavy atom. The molecule has 0 atom stereocenters. The molecule has 0 aliphatic carbocycles. The van der Waals surface area contributed by atoms with Crippen LogP contribution in [0, 0.1) is 0 Å². The molecule has 1 heterocycles. The predicted molar refractivity (Wildman–Crippen MR) is 79.1 cm³/mol. The van der Waals surface area contributed by atoms with Gasteiger partial charge in [0.2, 0.25) is 10.0 Å². The van der Waals surface area contributed by atoms with Crippen LogP contribution in [0.25, 0.3) is 11.4 Å². The lowest BCUT2D eigenvalue weighted by molar-refractivity contribution is 0.340. The van der Waals surface area contributed by atoms with Crippen molar-refractivity contribution in [2.24, 2.45) is 0 Å². The summed E-state index contributed by atoms with van der Waals surface area (Å²) in [5, 5.41) is 0.606. The van der Waals surface area contributed by atoms with E-state index in [0.717, 1.165) is 10.2 Å². The first kappa shape index (κ1) is 15.2. The Hall–Kier alpha value is -1.24. The van der Waals surface area contributed by atoms with Crippen LogP contribution < -0.4 is 4.74 Å². The van der Waals surface area contributed by atoms with Gasteiger partial charge in [-0.3, -0.25) is 0 Å². The summed E-state index contributed by atoms with van der Waals surface area (Å²) in [6.07, 6.45) is 3.85. The van der Waals surface area contributed by atoms with Crippen molar-refractivity contribution in [2.75, 3.05) is 12.9 Å². The molecule has 1 aromatic heterocycles. The second-order valence-corrected chi connectivity index (χ2v) is 6.69. The number of benzene rings is 1. The summed E-state index contributed by atoms with van der Waals surface area (Å²) in [6, 6.07) is 3.14. The second-order valence-electron chi connectivity index (χ2n) is 4.01. The smallest absolute Gasteiger partial charge is 0.237 e. The lowest BCUT2D eigenvalue weighted by Crippen LogP contribution is -2.10. The van der Waals surface area contributed by atoms with Crippen LogP contribution in [0.15, 0.2) is 24.5 Å². The molecule has 20 heavy (non-hydrogen) atoms. The zero-order valence-electron chi connectivity index (χ0n) is 10.8. The molecule has 0 saturated heterocycles. The van der Waals surface area contributed by atoms with Gasteiger partial charge in [0.1, 0.15) is 0 Å². The second kappa shape index (κ2) is 5.63. The molecule has 0 amide bonds. The highest BCUT2D eigenvalue weighted by Crippen LogP contribution is 2.37. The molecule has 0 spiro atoms. The first-order valence-corrected chi connectivity index (χ1v) is 8.31. The van der Waals surface area contributed by atoms with Gasteiger partial charge >= 0.3 is 0 Å². The van der Waals surface area contributed by atoms with Crippen LogP contribution in [0.3, 0.4) is 0 Å². The maximum absolute atomic E-state index is 11.7. The molecule has 0 aliphatic rings. The van der Waals surface area contributed by atoms with Crippen molar-refractivity contribution in [3.63, 3.8) is 0 Å². The van der Waals surface area contributed by atoms with Crippen molar-refractivity contribution in [3.05, 3.63) is 34.6 Å². The number of ether oxygens (including phenoxy) is 1. The lowest BCUT2D eigenvalue weighted by atomic mass is 10.2. The summed E-state index contributed by atoms with van der Waals surface area (Å²) in [6.45, 7) is 2.24. The van der Waals surface area contributed by atoms with Crippen molar-refractivity contribution >= 4 is 33.2 Å². The molecule has 0 N–H and O–H groups in total. The third-order valence-corrected chi connectivity index (χ3v) is 4.08. The van der Waals surface area contributed by atoms with Gasteiger partial charge in [-0.2, -0.15) is 0 Å². The van der Waals surface area contributed by atoms with Crippen LogP contribution in [0.4, 0.5) is 0 Å². The highest BCUT2D eigenvalue weighted by molar-refractivity contribution is 7.89. The lowest BCUT2D eigenvalue weighted by Gasteiger charge is -2.11. The van der Waals surface area contributed by atoms with E-state index in [9.17, 15) is 8.42 Å². The minimum Gasteiger partial charge on any atom is -0.491 e. The van der Waals surface area contributed by atoms with Crippen LogP contribution in [0.5, 0.6) is 5.75 Å². The number of nitrogens with zero attached hydrogens (tertiary/aromatic N) is 2.